The maximum Gasteiger partial charge on any atom is 0.331 e. The second-order valence-corrected chi connectivity index (χ2v) is 4.32. The monoisotopic (exact) mass is 310 g/mol. The summed E-state index contributed by atoms with van der Waals surface area (Å²) in [5.41, 5.74) is 0.667. The number of likely N-dealkylation sites (N-methyl/N-ethyl adjacent to an activating group) is 1. The number of carbonyl (C=O) groups excluding carboxylic acids is 3. The molecule has 0 heterocycles. The van der Waals surface area contributed by atoms with E-state index in [2.05, 4.69) is 10.6 Å². The van der Waals surface area contributed by atoms with Crippen LogP contribution < -0.4 is 10.6 Å². The van der Waals surface area contributed by atoms with Gasteiger partial charge in [0.15, 0.2) is 6.61 Å². The summed E-state index contributed by atoms with van der Waals surface area (Å²) in [5, 5.41) is 5.15. The molecule has 2 N–H and O–H groups in total. The Balaban J connectivity index is 2.36. The molecule has 0 saturated heterocycles. The first-order chi connectivity index (χ1) is 10.0. The Morgan fingerprint density at radius 2 is 1.95 bits per heavy atom. The van der Waals surface area contributed by atoms with Crippen LogP contribution in [0.4, 0.5) is 0 Å². The van der Waals surface area contributed by atoms with Crippen LogP contribution in [-0.2, 0) is 19.1 Å². The molecule has 0 unspecified atom stereocenters. The van der Waals surface area contributed by atoms with E-state index < -0.39 is 18.5 Å². The predicted molar refractivity (Wildman–Crippen MR) is 78.5 cm³/mol. The highest BCUT2D eigenvalue weighted by atomic mass is 35.5. The first kappa shape index (κ1) is 16.7. The summed E-state index contributed by atoms with van der Waals surface area (Å²) < 4.78 is 4.72. The standard InChI is InChI=1S/C14H15ClN2O4/c1-16-12(18)8-17-13(19)9-21-14(20)7-6-10-4-2-3-5-11(10)15/h2-7H,8-9H2,1H3,(H,16,18)(H,17,19)/b7-6+. The highest BCUT2D eigenvalue weighted by Crippen LogP contribution is 2.16. The number of nitrogens with one attached hydrogen (secondary N) is 2. The Labute approximate surface area is 127 Å². The van der Waals surface area contributed by atoms with Crippen molar-refractivity contribution in [2.45, 2.75) is 0 Å². The Morgan fingerprint density at radius 1 is 1.24 bits per heavy atom. The Bertz CT molecular complexity index is 558. The lowest BCUT2D eigenvalue weighted by molar-refractivity contribution is -0.143. The molecule has 0 fully saturated rings. The fraction of sp³-hybridized carbons (Fsp3) is 0.214. The minimum atomic E-state index is -0.676. The zero-order valence-electron chi connectivity index (χ0n) is 11.4. The second-order valence-electron chi connectivity index (χ2n) is 3.91. The predicted octanol–water partition coefficient (Wildman–Crippen LogP) is 0.759. The van der Waals surface area contributed by atoms with Crippen molar-refractivity contribution in [1.29, 1.82) is 0 Å². The number of benzene rings is 1. The molecular weight excluding hydrogens is 296 g/mol. The van der Waals surface area contributed by atoms with Crippen molar-refractivity contribution in [3.8, 4) is 0 Å². The quantitative estimate of drug-likeness (QED) is 0.600. The summed E-state index contributed by atoms with van der Waals surface area (Å²) in [6.45, 7) is -0.620. The molecule has 0 aliphatic rings. The average molecular weight is 311 g/mol. The highest BCUT2D eigenvalue weighted by Gasteiger charge is 2.06. The normalized spacial score (nSPS) is 10.2. The fourth-order valence-electron chi connectivity index (χ4n) is 1.27. The number of hydrogen-bond acceptors (Lipinski definition) is 4. The molecule has 1 aromatic carbocycles. The van der Waals surface area contributed by atoms with E-state index in [4.69, 9.17) is 16.3 Å². The number of amides is 2. The molecule has 0 spiro atoms. The first-order valence-corrected chi connectivity index (χ1v) is 6.47. The number of rotatable bonds is 6. The van der Waals surface area contributed by atoms with E-state index in [-0.39, 0.29) is 12.5 Å². The summed E-state index contributed by atoms with van der Waals surface area (Å²) in [4.78, 5) is 33.6. The molecule has 1 aromatic rings. The van der Waals surface area contributed by atoms with Gasteiger partial charge in [-0.05, 0) is 17.7 Å². The molecule has 0 aromatic heterocycles. The Kier molecular flexibility index (Phi) is 6.97. The van der Waals surface area contributed by atoms with Crippen LogP contribution in [0.2, 0.25) is 5.02 Å². The van der Waals surface area contributed by atoms with Gasteiger partial charge in [-0.3, -0.25) is 9.59 Å². The smallest absolute Gasteiger partial charge is 0.331 e. The zero-order valence-corrected chi connectivity index (χ0v) is 12.1. The van der Waals surface area contributed by atoms with E-state index in [0.717, 1.165) is 0 Å². The molecule has 112 valence electrons. The third kappa shape index (κ3) is 6.58. The lowest BCUT2D eigenvalue weighted by atomic mass is 10.2. The van der Waals surface area contributed by atoms with Crippen molar-refractivity contribution in [3.05, 3.63) is 40.9 Å². The van der Waals surface area contributed by atoms with Gasteiger partial charge in [-0.25, -0.2) is 4.79 Å². The minimum Gasteiger partial charge on any atom is -0.452 e. The molecule has 0 bridgehead atoms. The van der Waals surface area contributed by atoms with Crippen LogP contribution in [0.5, 0.6) is 0 Å². The molecule has 21 heavy (non-hydrogen) atoms. The van der Waals surface area contributed by atoms with Gasteiger partial charge in [0.25, 0.3) is 5.91 Å². The number of halogens is 1. The summed E-state index contributed by atoms with van der Waals surface area (Å²) in [6.07, 6.45) is 2.67. The van der Waals surface area contributed by atoms with Crippen LogP contribution in [0.1, 0.15) is 5.56 Å². The number of esters is 1. The molecule has 7 heteroatoms. The van der Waals surface area contributed by atoms with Gasteiger partial charge in [0.2, 0.25) is 5.91 Å². The largest absolute Gasteiger partial charge is 0.452 e. The van der Waals surface area contributed by atoms with Crippen molar-refractivity contribution in [3.63, 3.8) is 0 Å². The van der Waals surface area contributed by atoms with Crippen LogP contribution >= 0.6 is 11.6 Å². The fourth-order valence-corrected chi connectivity index (χ4v) is 1.47. The number of hydrogen-bond donors (Lipinski definition) is 2. The van der Waals surface area contributed by atoms with E-state index >= 15 is 0 Å². The van der Waals surface area contributed by atoms with Crippen LogP contribution in [-0.4, -0.2) is 38.0 Å². The van der Waals surface area contributed by atoms with Gasteiger partial charge in [-0.15, -0.1) is 0 Å². The van der Waals surface area contributed by atoms with E-state index in [0.29, 0.717) is 10.6 Å². The van der Waals surface area contributed by atoms with Crippen molar-refractivity contribution < 1.29 is 19.1 Å². The molecule has 0 aliphatic carbocycles. The maximum atomic E-state index is 11.4. The molecule has 0 radical (unpaired) electrons. The molecular formula is C14H15ClN2O4. The molecule has 0 saturated carbocycles. The van der Waals surface area contributed by atoms with Crippen molar-refractivity contribution >= 4 is 35.5 Å². The van der Waals surface area contributed by atoms with E-state index in [9.17, 15) is 14.4 Å². The van der Waals surface area contributed by atoms with Gasteiger partial charge < -0.3 is 15.4 Å². The third-order valence-electron chi connectivity index (χ3n) is 2.37. The summed E-state index contributed by atoms with van der Waals surface area (Å²) in [6, 6.07) is 6.98. The third-order valence-corrected chi connectivity index (χ3v) is 2.72. The van der Waals surface area contributed by atoms with Crippen LogP contribution in [0, 0.1) is 0 Å². The lowest BCUT2D eigenvalue weighted by Gasteiger charge is -2.04. The van der Waals surface area contributed by atoms with Gasteiger partial charge in [-0.1, -0.05) is 29.8 Å². The highest BCUT2D eigenvalue weighted by molar-refractivity contribution is 6.32. The SMILES string of the molecule is CNC(=O)CNC(=O)COC(=O)/C=C/c1ccccc1Cl. The van der Waals surface area contributed by atoms with Crippen molar-refractivity contribution in [2.75, 3.05) is 20.2 Å². The van der Waals surface area contributed by atoms with E-state index in [1.807, 2.05) is 0 Å². The number of ether oxygens (including phenoxy) is 1. The Morgan fingerprint density at radius 3 is 2.62 bits per heavy atom. The second kappa shape index (κ2) is 8.76. The molecule has 0 atom stereocenters. The maximum absolute atomic E-state index is 11.4. The van der Waals surface area contributed by atoms with Crippen molar-refractivity contribution in [1.82, 2.24) is 10.6 Å². The number of carbonyl (C=O) groups is 3. The molecule has 6 nitrogen and oxygen atoms in total. The van der Waals surface area contributed by atoms with Gasteiger partial charge >= 0.3 is 5.97 Å². The van der Waals surface area contributed by atoms with E-state index in [1.54, 1.807) is 24.3 Å². The van der Waals surface area contributed by atoms with Gasteiger partial charge in [0.1, 0.15) is 0 Å². The van der Waals surface area contributed by atoms with E-state index in [1.165, 1.54) is 19.2 Å². The summed E-state index contributed by atoms with van der Waals surface area (Å²) >= 11 is 5.91. The topological polar surface area (TPSA) is 84.5 Å². The molecule has 0 aliphatic heterocycles. The lowest BCUT2D eigenvalue weighted by Crippen LogP contribution is -2.37. The first-order valence-electron chi connectivity index (χ1n) is 6.09. The van der Waals surface area contributed by atoms with Crippen LogP contribution in [0.15, 0.2) is 30.3 Å². The zero-order chi connectivity index (χ0) is 15.7. The average Bonchev–Trinajstić information content (AvgIpc) is 2.49. The molecule has 1 rings (SSSR count). The summed E-state index contributed by atoms with van der Waals surface area (Å²) in [7, 11) is 1.45. The molecule has 2 amide bonds. The van der Waals surface area contributed by atoms with Crippen LogP contribution in [0.25, 0.3) is 6.08 Å². The van der Waals surface area contributed by atoms with Gasteiger partial charge in [-0.2, -0.15) is 0 Å². The van der Waals surface area contributed by atoms with Gasteiger partial charge in [0, 0.05) is 18.1 Å². The van der Waals surface area contributed by atoms with Crippen LogP contribution in [0.3, 0.4) is 0 Å². The Hall–Kier alpha value is -2.34. The van der Waals surface area contributed by atoms with Crippen molar-refractivity contribution in [2.24, 2.45) is 0 Å². The summed E-state index contributed by atoms with van der Waals surface area (Å²) in [5.74, 6) is -1.57. The van der Waals surface area contributed by atoms with Gasteiger partial charge in [0.05, 0.1) is 6.54 Å². The minimum absolute atomic E-state index is 0.164.